The van der Waals surface area contributed by atoms with Crippen LogP contribution in [0.2, 0.25) is 0 Å². The SMILES string of the molecule is O=[N+]([O-])C(Br)CCC(Br)[N+](=O)[O-]. The average Bonchev–Trinajstić information content (AvgIpc) is 1.98. The third-order valence-electron chi connectivity index (χ3n) is 1.10. The molecule has 70 valence electrons. The highest BCUT2D eigenvalue weighted by Gasteiger charge is 2.21. The van der Waals surface area contributed by atoms with E-state index in [4.69, 9.17) is 0 Å². The molecule has 0 aliphatic heterocycles. The number of hydrogen-bond acceptors (Lipinski definition) is 4. The summed E-state index contributed by atoms with van der Waals surface area (Å²) < 4.78 is 0. The van der Waals surface area contributed by atoms with Crippen LogP contribution < -0.4 is 0 Å². The standard InChI is InChI=1S/C4H6Br2N2O4/c5-3(7(9)10)1-2-4(6)8(11)12/h3-4H,1-2H2. The van der Waals surface area contributed by atoms with E-state index in [1.807, 2.05) is 0 Å². The summed E-state index contributed by atoms with van der Waals surface area (Å²) in [7, 11) is 0. The average molecular weight is 306 g/mol. The summed E-state index contributed by atoms with van der Waals surface area (Å²) >= 11 is 5.55. The van der Waals surface area contributed by atoms with Gasteiger partial charge in [0, 0.05) is 22.7 Å². The number of halogens is 2. The third-order valence-corrected chi connectivity index (χ3v) is 2.68. The molecule has 0 aromatic rings. The molecule has 0 spiro atoms. The lowest BCUT2D eigenvalue weighted by Crippen LogP contribution is -2.17. The molecule has 0 saturated carbocycles. The summed E-state index contributed by atoms with van der Waals surface area (Å²) in [5.74, 6) is 0. The summed E-state index contributed by atoms with van der Waals surface area (Å²) in [6.45, 7) is 0. The van der Waals surface area contributed by atoms with Crippen molar-refractivity contribution in [2.24, 2.45) is 0 Å². The molecule has 2 atom stereocenters. The largest absolute Gasteiger partial charge is 0.266 e. The number of alkyl halides is 2. The quantitative estimate of drug-likeness (QED) is 0.335. The van der Waals surface area contributed by atoms with E-state index in [9.17, 15) is 20.2 Å². The topological polar surface area (TPSA) is 86.3 Å². The summed E-state index contributed by atoms with van der Waals surface area (Å²) in [5.41, 5.74) is 0. The van der Waals surface area contributed by atoms with Gasteiger partial charge in [-0.15, -0.1) is 0 Å². The van der Waals surface area contributed by atoms with Gasteiger partial charge in [0.2, 0.25) is 0 Å². The Morgan fingerprint density at radius 3 is 1.42 bits per heavy atom. The van der Waals surface area contributed by atoms with Gasteiger partial charge >= 0.3 is 0 Å². The van der Waals surface area contributed by atoms with Crippen molar-refractivity contribution in [3.05, 3.63) is 20.2 Å². The summed E-state index contributed by atoms with van der Waals surface area (Å²) in [6, 6.07) is 0. The van der Waals surface area contributed by atoms with Crippen molar-refractivity contribution in [1.29, 1.82) is 0 Å². The van der Waals surface area contributed by atoms with Crippen molar-refractivity contribution < 1.29 is 9.85 Å². The Morgan fingerprint density at radius 2 is 1.25 bits per heavy atom. The fourth-order valence-corrected chi connectivity index (χ4v) is 1.01. The van der Waals surface area contributed by atoms with Crippen LogP contribution in [0.4, 0.5) is 0 Å². The van der Waals surface area contributed by atoms with E-state index in [-0.39, 0.29) is 12.8 Å². The predicted octanol–water partition coefficient (Wildman–Crippen LogP) is 1.76. The minimum absolute atomic E-state index is 0.129. The van der Waals surface area contributed by atoms with Crippen LogP contribution in [0.3, 0.4) is 0 Å². The molecule has 0 N–H and O–H groups in total. The number of nitrogens with zero attached hydrogens (tertiary/aromatic N) is 2. The third kappa shape index (κ3) is 4.60. The van der Waals surface area contributed by atoms with Crippen molar-refractivity contribution >= 4 is 31.9 Å². The van der Waals surface area contributed by atoms with E-state index < -0.39 is 19.7 Å². The highest BCUT2D eigenvalue weighted by atomic mass is 79.9. The van der Waals surface area contributed by atoms with Crippen LogP contribution in [0.1, 0.15) is 12.8 Å². The lowest BCUT2D eigenvalue weighted by Gasteiger charge is -2.02. The van der Waals surface area contributed by atoms with Crippen LogP contribution in [0.15, 0.2) is 0 Å². The van der Waals surface area contributed by atoms with E-state index >= 15 is 0 Å². The zero-order valence-electron chi connectivity index (χ0n) is 5.85. The summed E-state index contributed by atoms with van der Waals surface area (Å²) in [6.07, 6.45) is 0.258. The molecule has 0 radical (unpaired) electrons. The summed E-state index contributed by atoms with van der Waals surface area (Å²) in [5, 5.41) is 20.1. The Labute approximate surface area is 84.9 Å². The van der Waals surface area contributed by atoms with Crippen molar-refractivity contribution in [3.63, 3.8) is 0 Å². The van der Waals surface area contributed by atoms with E-state index in [0.29, 0.717) is 0 Å². The highest BCUT2D eigenvalue weighted by Crippen LogP contribution is 2.15. The van der Waals surface area contributed by atoms with Crippen molar-refractivity contribution in [2.45, 2.75) is 22.7 Å². The smallest absolute Gasteiger partial charge is 0.263 e. The van der Waals surface area contributed by atoms with Crippen molar-refractivity contribution in [1.82, 2.24) is 0 Å². The Kier molecular flexibility index (Phi) is 5.31. The van der Waals surface area contributed by atoms with Crippen LogP contribution >= 0.6 is 31.9 Å². The van der Waals surface area contributed by atoms with Gasteiger partial charge in [0.25, 0.3) is 9.90 Å². The molecule has 0 bridgehead atoms. The first-order chi connectivity index (χ1) is 5.45. The molecular formula is C4H6Br2N2O4. The van der Waals surface area contributed by atoms with Crippen molar-refractivity contribution in [3.8, 4) is 0 Å². The second-order valence-corrected chi connectivity index (χ2v) is 4.13. The first-order valence-electron chi connectivity index (χ1n) is 3.00. The molecule has 2 unspecified atom stereocenters. The monoisotopic (exact) mass is 304 g/mol. The molecule has 0 aliphatic rings. The number of nitro groups is 2. The molecule has 6 nitrogen and oxygen atoms in total. The lowest BCUT2D eigenvalue weighted by atomic mass is 10.3. The number of rotatable bonds is 5. The van der Waals surface area contributed by atoms with Gasteiger partial charge in [-0.2, -0.15) is 0 Å². The van der Waals surface area contributed by atoms with Gasteiger partial charge in [0.05, 0.1) is 0 Å². The second kappa shape index (κ2) is 5.41. The molecule has 0 saturated heterocycles. The van der Waals surface area contributed by atoms with Crippen LogP contribution in [-0.2, 0) is 0 Å². The molecule has 12 heavy (non-hydrogen) atoms. The fourth-order valence-electron chi connectivity index (χ4n) is 0.486. The highest BCUT2D eigenvalue weighted by molar-refractivity contribution is 9.09. The molecule has 0 rings (SSSR count). The van der Waals surface area contributed by atoms with E-state index in [1.54, 1.807) is 0 Å². The Hall–Kier alpha value is -0.240. The van der Waals surface area contributed by atoms with Gasteiger partial charge in [-0.1, -0.05) is 0 Å². The normalized spacial score (nSPS) is 15.2. The van der Waals surface area contributed by atoms with Crippen LogP contribution in [0.25, 0.3) is 0 Å². The predicted molar refractivity (Wildman–Crippen MR) is 48.7 cm³/mol. The molecule has 0 fully saturated rings. The molecule has 0 aliphatic carbocycles. The molecule has 0 heterocycles. The van der Waals surface area contributed by atoms with Gasteiger partial charge in [0.1, 0.15) is 0 Å². The zero-order chi connectivity index (χ0) is 9.72. The first kappa shape index (κ1) is 11.8. The second-order valence-electron chi connectivity index (χ2n) is 2.02. The zero-order valence-corrected chi connectivity index (χ0v) is 9.02. The maximum atomic E-state index is 10.1. The van der Waals surface area contributed by atoms with Crippen LogP contribution in [0, 0.1) is 20.2 Å². The molecule has 0 aromatic carbocycles. The van der Waals surface area contributed by atoms with Gasteiger partial charge in [-0.25, -0.2) is 0 Å². The Bertz CT molecular complexity index is 168. The molecular weight excluding hydrogens is 300 g/mol. The first-order valence-corrected chi connectivity index (χ1v) is 4.83. The maximum absolute atomic E-state index is 10.1. The Morgan fingerprint density at radius 1 is 1.00 bits per heavy atom. The van der Waals surface area contributed by atoms with Crippen LogP contribution in [-0.4, -0.2) is 19.7 Å². The van der Waals surface area contributed by atoms with Gasteiger partial charge in [-0.3, -0.25) is 20.2 Å². The van der Waals surface area contributed by atoms with Gasteiger partial charge < -0.3 is 0 Å². The Balaban J connectivity index is 3.68. The minimum Gasteiger partial charge on any atom is -0.263 e. The van der Waals surface area contributed by atoms with Crippen molar-refractivity contribution in [2.75, 3.05) is 0 Å². The molecule has 0 aromatic heterocycles. The fraction of sp³-hybridized carbons (Fsp3) is 1.00. The minimum atomic E-state index is -0.905. The van der Waals surface area contributed by atoms with E-state index in [1.165, 1.54) is 0 Å². The van der Waals surface area contributed by atoms with Gasteiger partial charge in [-0.05, 0) is 31.9 Å². The van der Waals surface area contributed by atoms with E-state index in [2.05, 4.69) is 31.9 Å². The number of hydrogen-bond donors (Lipinski definition) is 0. The van der Waals surface area contributed by atoms with Crippen LogP contribution in [0.5, 0.6) is 0 Å². The molecule has 0 amide bonds. The lowest BCUT2D eigenvalue weighted by molar-refractivity contribution is -0.506. The summed E-state index contributed by atoms with van der Waals surface area (Å²) in [4.78, 5) is 17.2. The van der Waals surface area contributed by atoms with Gasteiger partial charge in [0.15, 0.2) is 0 Å². The molecule has 8 heteroatoms. The van der Waals surface area contributed by atoms with E-state index in [0.717, 1.165) is 0 Å². The maximum Gasteiger partial charge on any atom is 0.266 e.